The Balaban J connectivity index is 3.17. The van der Waals surface area contributed by atoms with Gasteiger partial charge in [0.1, 0.15) is 5.92 Å². The van der Waals surface area contributed by atoms with Crippen molar-refractivity contribution < 1.29 is 24.6 Å². The standard InChI is InChI=1S/C21H36O5/c1-12(2)7-9-15-19(24)18(16(22)11-14(5)6)20(25)21(15,26)17(23)10-8-13(3)4/h12-15,17-18,23,26H,7-11H2,1-6H3/t15?,17-,18?,21+/m0/s1. The van der Waals surface area contributed by atoms with Gasteiger partial charge in [0.05, 0.1) is 12.0 Å². The molecule has 0 amide bonds. The number of aliphatic hydroxyl groups is 2. The maximum absolute atomic E-state index is 13.0. The predicted molar refractivity (Wildman–Crippen MR) is 101 cm³/mol. The third-order valence-corrected chi connectivity index (χ3v) is 5.31. The Morgan fingerprint density at radius 3 is 1.96 bits per heavy atom. The van der Waals surface area contributed by atoms with Gasteiger partial charge >= 0.3 is 0 Å². The van der Waals surface area contributed by atoms with Gasteiger partial charge < -0.3 is 10.2 Å². The summed E-state index contributed by atoms with van der Waals surface area (Å²) in [7, 11) is 0. The second-order valence-corrected chi connectivity index (χ2v) is 9.10. The first kappa shape index (κ1) is 23.0. The molecule has 0 bridgehead atoms. The van der Waals surface area contributed by atoms with Crippen LogP contribution in [-0.4, -0.2) is 39.3 Å². The fourth-order valence-electron chi connectivity index (χ4n) is 3.75. The van der Waals surface area contributed by atoms with E-state index < -0.39 is 40.9 Å². The lowest BCUT2D eigenvalue weighted by molar-refractivity contribution is -0.157. The Morgan fingerprint density at radius 2 is 1.50 bits per heavy atom. The van der Waals surface area contributed by atoms with Gasteiger partial charge in [0.25, 0.3) is 0 Å². The molecule has 1 rings (SSSR count). The van der Waals surface area contributed by atoms with Crippen molar-refractivity contribution in [1.82, 2.24) is 0 Å². The van der Waals surface area contributed by atoms with Crippen molar-refractivity contribution in [2.75, 3.05) is 0 Å². The third-order valence-electron chi connectivity index (χ3n) is 5.31. The molecule has 0 aromatic heterocycles. The monoisotopic (exact) mass is 368 g/mol. The van der Waals surface area contributed by atoms with Crippen LogP contribution in [0.2, 0.25) is 0 Å². The Labute approximate surface area is 157 Å². The van der Waals surface area contributed by atoms with E-state index in [4.69, 9.17) is 0 Å². The highest BCUT2D eigenvalue weighted by Crippen LogP contribution is 2.42. The van der Waals surface area contributed by atoms with Gasteiger partial charge in [-0.2, -0.15) is 0 Å². The summed E-state index contributed by atoms with van der Waals surface area (Å²) in [5.74, 6) is -3.54. The zero-order valence-electron chi connectivity index (χ0n) is 17.1. The summed E-state index contributed by atoms with van der Waals surface area (Å²) in [6.45, 7) is 11.7. The van der Waals surface area contributed by atoms with E-state index >= 15 is 0 Å². The summed E-state index contributed by atoms with van der Waals surface area (Å²) in [6, 6.07) is 0. The molecule has 2 N–H and O–H groups in total. The van der Waals surface area contributed by atoms with E-state index in [1.165, 1.54) is 0 Å². The van der Waals surface area contributed by atoms with Crippen molar-refractivity contribution in [2.45, 2.75) is 85.4 Å². The van der Waals surface area contributed by atoms with E-state index in [2.05, 4.69) is 0 Å². The lowest BCUT2D eigenvalue weighted by Gasteiger charge is -2.33. The first-order chi connectivity index (χ1) is 11.9. The molecule has 1 fully saturated rings. The first-order valence-corrected chi connectivity index (χ1v) is 9.94. The minimum Gasteiger partial charge on any atom is -0.390 e. The highest BCUT2D eigenvalue weighted by atomic mass is 16.4. The largest absolute Gasteiger partial charge is 0.390 e. The van der Waals surface area contributed by atoms with E-state index in [-0.39, 0.29) is 18.8 Å². The van der Waals surface area contributed by atoms with Crippen molar-refractivity contribution in [3.8, 4) is 0 Å². The SMILES string of the molecule is CC(C)CCC1C(=O)C(C(=O)CC(C)C)C(=O)[C@]1(O)[C@@H](O)CCC(C)C. The molecule has 1 aliphatic rings. The summed E-state index contributed by atoms with van der Waals surface area (Å²) in [5.41, 5.74) is -2.14. The van der Waals surface area contributed by atoms with Crippen molar-refractivity contribution in [3.63, 3.8) is 0 Å². The molecular weight excluding hydrogens is 332 g/mol. The van der Waals surface area contributed by atoms with E-state index in [1.54, 1.807) is 0 Å². The lowest BCUT2D eigenvalue weighted by atomic mass is 9.78. The maximum Gasteiger partial charge on any atom is 0.185 e. The number of ketones is 3. The molecule has 0 radical (unpaired) electrons. The highest BCUT2D eigenvalue weighted by molar-refractivity contribution is 6.27. The van der Waals surface area contributed by atoms with Gasteiger partial charge in [0.2, 0.25) is 0 Å². The second kappa shape index (κ2) is 9.23. The van der Waals surface area contributed by atoms with Crippen molar-refractivity contribution in [3.05, 3.63) is 0 Å². The number of rotatable bonds is 10. The summed E-state index contributed by atoms with van der Waals surface area (Å²) in [5, 5.41) is 21.8. The fourth-order valence-corrected chi connectivity index (χ4v) is 3.75. The minimum atomic E-state index is -2.14. The number of aliphatic hydroxyl groups excluding tert-OH is 1. The van der Waals surface area contributed by atoms with Crippen LogP contribution in [0.3, 0.4) is 0 Å². The topological polar surface area (TPSA) is 91.7 Å². The quantitative estimate of drug-likeness (QED) is 0.579. The average molecular weight is 369 g/mol. The van der Waals surface area contributed by atoms with Crippen LogP contribution in [0.5, 0.6) is 0 Å². The normalized spacial score (nSPS) is 27.8. The van der Waals surface area contributed by atoms with Gasteiger partial charge in [0, 0.05) is 6.42 Å². The van der Waals surface area contributed by atoms with Crippen LogP contribution < -0.4 is 0 Å². The van der Waals surface area contributed by atoms with Crippen molar-refractivity contribution in [1.29, 1.82) is 0 Å². The van der Waals surface area contributed by atoms with E-state index in [1.807, 2.05) is 41.5 Å². The van der Waals surface area contributed by atoms with Crippen LogP contribution in [-0.2, 0) is 14.4 Å². The third kappa shape index (κ3) is 5.01. The molecule has 0 aromatic carbocycles. The van der Waals surface area contributed by atoms with E-state index in [0.29, 0.717) is 31.1 Å². The molecule has 26 heavy (non-hydrogen) atoms. The van der Waals surface area contributed by atoms with Crippen molar-refractivity contribution in [2.24, 2.45) is 29.6 Å². The molecule has 0 saturated heterocycles. The molecule has 0 aliphatic heterocycles. The van der Waals surface area contributed by atoms with Crippen LogP contribution in [0.4, 0.5) is 0 Å². The smallest absolute Gasteiger partial charge is 0.185 e. The predicted octanol–water partition coefficient (Wildman–Crippen LogP) is 2.95. The molecular formula is C21H36O5. The molecule has 150 valence electrons. The molecule has 5 nitrogen and oxygen atoms in total. The molecule has 4 atom stereocenters. The highest BCUT2D eigenvalue weighted by Gasteiger charge is 2.63. The molecule has 0 spiro atoms. The molecule has 2 unspecified atom stereocenters. The minimum absolute atomic E-state index is 0.0248. The molecule has 0 aromatic rings. The summed E-state index contributed by atoms with van der Waals surface area (Å²) in [4.78, 5) is 38.3. The van der Waals surface area contributed by atoms with Gasteiger partial charge in [-0.05, 0) is 37.0 Å². The Kier molecular flexibility index (Phi) is 8.15. The number of hydrogen-bond donors (Lipinski definition) is 2. The van der Waals surface area contributed by atoms with Gasteiger partial charge in [-0.3, -0.25) is 14.4 Å². The van der Waals surface area contributed by atoms with Gasteiger partial charge in [0.15, 0.2) is 23.0 Å². The van der Waals surface area contributed by atoms with Crippen LogP contribution >= 0.6 is 0 Å². The molecule has 1 aliphatic carbocycles. The lowest BCUT2D eigenvalue weighted by Crippen LogP contribution is -2.52. The van der Waals surface area contributed by atoms with Gasteiger partial charge in [-0.1, -0.05) is 48.0 Å². The van der Waals surface area contributed by atoms with Crippen LogP contribution in [0.1, 0.15) is 73.6 Å². The molecule has 1 saturated carbocycles. The Morgan fingerprint density at radius 1 is 0.962 bits per heavy atom. The molecule has 0 heterocycles. The molecule has 5 heteroatoms. The Bertz CT molecular complexity index is 522. The first-order valence-electron chi connectivity index (χ1n) is 9.94. The number of hydrogen-bond acceptors (Lipinski definition) is 5. The summed E-state index contributed by atoms with van der Waals surface area (Å²) >= 11 is 0. The van der Waals surface area contributed by atoms with E-state index in [9.17, 15) is 24.6 Å². The fraction of sp³-hybridized carbons (Fsp3) is 0.857. The van der Waals surface area contributed by atoms with Crippen LogP contribution in [0, 0.1) is 29.6 Å². The van der Waals surface area contributed by atoms with Crippen LogP contribution in [0.15, 0.2) is 0 Å². The summed E-state index contributed by atoms with van der Waals surface area (Å²) < 4.78 is 0. The zero-order chi connectivity index (χ0) is 20.2. The number of carbonyl (C=O) groups is 3. The van der Waals surface area contributed by atoms with E-state index in [0.717, 1.165) is 0 Å². The average Bonchev–Trinajstić information content (AvgIpc) is 2.69. The van der Waals surface area contributed by atoms with Crippen molar-refractivity contribution >= 4 is 17.3 Å². The van der Waals surface area contributed by atoms with Gasteiger partial charge in [-0.25, -0.2) is 0 Å². The zero-order valence-corrected chi connectivity index (χ0v) is 17.1. The maximum atomic E-state index is 13.0. The number of carbonyl (C=O) groups excluding carboxylic acids is 3. The Hall–Kier alpha value is -1.07. The second-order valence-electron chi connectivity index (χ2n) is 9.10. The van der Waals surface area contributed by atoms with Crippen LogP contribution in [0.25, 0.3) is 0 Å². The number of Topliss-reactive ketones (excluding diaryl/α,β-unsaturated/α-hetero) is 3. The van der Waals surface area contributed by atoms with Gasteiger partial charge in [-0.15, -0.1) is 0 Å². The summed E-state index contributed by atoms with van der Waals surface area (Å²) in [6.07, 6.45) is 0.618.